The Morgan fingerprint density at radius 2 is 2.08 bits per heavy atom. The van der Waals surface area contributed by atoms with Gasteiger partial charge in [-0.3, -0.25) is 0 Å². The van der Waals surface area contributed by atoms with Crippen molar-refractivity contribution in [2.45, 2.75) is 6.61 Å². The summed E-state index contributed by atoms with van der Waals surface area (Å²) in [6.07, 6.45) is 0. The molecule has 0 saturated carbocycles. The topological polar surface area (TPSA) is 44.0 Å². The SMILES string of the molecule is N#Cc1c(Cl)ccc(CO)c1Cl. The van der Waals surface area contributed by atoms with Crippen LogP contribution in [-0.4, -0.2) is 5.11 Å². The number of hydrogen-bond donors (Lipinski definition) is 1. The second-order valence-electron chi connectivity index (χ2n) is 2.17. The molecule has 0 aliphatic carbocycles. The van der Waals surface area contributed by atoms with Crippen molar-refractivity contribution in [3.05, 3.63) is 33.3 Å². The van der Waals surface area contributed by atoms with Crippen LogP contribution >= 0.6 is 23.2 Å². The van der Waals surface area contributed by atoms with Gasteiger partial charge in [0.15, 0.2) is 0 Å². The van der Waals surface area contributed by atoms with E-state index in [9.17, 15) is 0 Å². The van der Waals surface area contributed by atoms with Crippen LogP contribution in [0.25, 0.3) is 0 Å². The number of nitrogens with zero attached hydrogens (tertiary/aromatic N) is 1. The zero-order valence-electron chi connectivity index (χ0n) is 6.01. The van der Waals surface area contributed by atoms with Gasteiger partial charge in [-0.05, 0) is 11.6 Å². The number of aliphatic hydroxyl groups excluding tert-OH is 1. The lowest BCUT2D eigenvalue weighted by atomic mass is 10.1. The third-order valence-electron chi connectivity index (χ3n) is 1.45. The molecule has 1 N–H and O–H groups in total. The Morgan fingerprint density at radius 3 is 2.58 bits per heavy atom. The van der Waals surface area contributed by atoms with Crippen LogP contribution in [0.4, 0.5) is 0 Å². The lowest BCUT2D eigenvalue weighted by Gasteiger charge is -2.02. The van der Waals surface area contributed by atoms with E-state index < -0.39 is 0 Å². The Balaban J connectivity index is 3.36. The summed E-state index contributed by atoms with van der Waals surface area (Å²) in [7, 11) is 0. The quantitative estimate of drug-likeness (QED) is 0.759. The molecule has 0 aromatic heterocycles. The molecule has 0 aliphatic heterocycles. The van der Waals surface area contributed by atoms with E-state index in [0.29, 0.717) is 10.6 Å². The smallest absolute Gasteiger partial charge is 0.102 e. The zero-order valence-corrected chi connectivity index (χ0v) is 7.52. The molecule has 0 radical (unpaired) electrons. The van der Waals surface area contributed by atoms with Crippen molar-refractivity contribution in [3.63, 3.8) is 0 Å². The Bertz CT molecular complexity index is 344. The Labute approximate surface area is 80.0 Å². The van der Waals surface area contributed by atoms with E-state index in [4.69, 9.17) is 33.6 Å². The fourth-order valence-corrected chi connectivity index (χ4v) is 1.34. The van der Waals surface area contributed by atoms with E-state index in [1.165, 1.54) is 6.07 Å². The van der Waals surface area contributed by atoms with Crippen molar-refractivity contribution in [2.75, 3.05) is 0 Å². The summed E-state index contributed by atoms with van der Waals surface area (Å²) < 4.78 is 0. The highest BCUT2D eigenvalue weighted by Crippen LogP contribution is 2.27. The first-order valence-corrected chi connectivity index (χ1v) is 3.94. The molecule has 0 spiro atoms. The predicted octanol–water partition coefficient (Wildman–Crippen LogP) is 2.36. The largest absolute Gasteiger partial charge is 0.392 e. The molecule has 0 aliphatic rings. The second kappa shape index (κ2) is 3.77. The number of benzene rings is 1. The molecule has 0 saturated heterocycles. The molecule has 2 nitrogen and oxygen atoms in total. The molecule has 4 heteroatoms. The van der Waals surface area contributed by atoms with E-state index in [1.54, 1.807) is 6.07 Å². The average Bonchev–Trinajstić information content (AvgIpc) is 2.06. The third-order valence-corrected chi connectivity index (χ3v) is 2.20. The number of rotatable bonds is 1. The molecule has 0 atom stereocenters. The molecule has 1 aromatic carbocycles. The van der Waals surface area contributed by atoms with Crippen molar-refractivity contribution in [2.24, 2.45) is 0 Å². The van der Waals surface area contributed by atoms with Crippen molar-refractivity contribution in [3.8, 4) is 6.07 Å². The monoisotopic (exact) mass is 201 g/mol. The summed E-state index contributed by atoms with van der Waals surface area (Å²) >= 11 is 11.4. The first kappa shape index (κ1) is 9.34. The van der Waals surface area contributed by atoms with Crippen LogP contribution in [0.5, 0.6) is 0 Å². The van der Waals surface area contributed by atoms with Gasteiger partial charge in [0, 0.05) is 0 Å². The van der Waals surface area contributed by atoms with Crippen LogP contribution < -0.4 is 0 Å². The molecule has 1 aromatic rings. The first-order chi connectivity index (χ1) is 5.70. The summed E-state index contributed by atoms with van der Waals surface area (Å²) in [6, 6.07) is 4.99. The van der Waals surface area contributed by atoms with Gasteiger partial charge in [-0.1, -0.05) is 29.3 Å². The van der Waals surface area contributed by atoms with Gasteiger partial charge in [-0.2, -0.15) is 5.26 Å². The van der Waals surface area contributed by atoms with Crippen LogP contribution in [0.2, 0.25) is 10.0 Å². The van der Waals surface area contributed by atoms with Gasteiger partial charge in [-0.15, -0.1) is 0 Å². The van der Waals surface area contributed by atoms with Crippen molar-refractivity contribution < 1.29 is 5.11 Å². The van der Waals surface area contributed by atoms with Gasteiger partial charge < -0.3 is 5.11 Å². The summed E-state index contributed by atoms with van der Waals surface area (Å²) in [5.74, 6) is 0. The maximum atomic E-state index is 8.79. The Hall–Kier alpha value is -0.750. The number of hydrogen-bond acceptors (Lipinski definition) is 2. The molecule has 62 valence electrons. The highest BCUT2D eigenvalue weighted by Gasteiger charge is 2.08. The van der Waals surface area contributed by atoms with Crippen LogP contribution in [0.1, 0.15) is 11.1 Å². The van der Waals surface area contributed by atoms with Crippen LogP contribution in [-0.2, 0) is 6.61 Å². The molecular weight excluding hydrogens is 197 g/mol. The average molecular weight is 202 g/mol. The normalized spacial score (nSPS) is 9.50. The van der Waals surface area contributed by atoms with E-state index in [1.807, 2.05) is 6.07 Å². The van der Waals surface area contributed by atoms with Crippen LogP contribution in [0, 0.1) is 11.3 Å². The summed E-state index contributed by atoms with van der Waals surface area (Å²) in [6.45, 7) is -0.190. The van der Waals surface area contributed by atoms with E-state index in [0.717, 1.165) is 0 Å². The van der Waals surface area contributed by atoms with Crippen molar-refractivity contribution in [1.82, 2.24) is 0 Å². The molecule has 0 unspecified atom stereocenters. The lowest BCUT2D eigenvalue weighted by molar-refractivity contribution is 0.282. The van der Waals surface area contributed by atoms with Crippen molar-refractivity contribution >= 4 is 23.2 Å². The first-order valence-electron chi connectivity index (χ1n) is 3.18. The number of nitriles is 1. The fraction of sp³-hybridized carbons (Fsp3) is 0.125. The molecule has 1 rings (SSSR count). The molecule has 0 amide bonds. The molecule has 0 fully saturated rings. The highest BCUT2D eigenvalue weighted by atomic mass is 35.5. The summed E-state index contributed by atoms with van der Waals surface area (Å²) in [5.41, 5.74) is 0.725. The molecule has 0 bridgehead atoms. The maximum Gasteiger partial charge on any atom is 0.102 e. The van der Waals surface area contributed by atoms with Gasteiger partial charge in [0.1, 0.15) is 6.07 Å². The Morgan fingerprint density at radius 1 is 1.42 bits per heavy atom. The van der Waals surface area contributed by atoms with Crippen LogP contribution in [0.3, 0.4) is 0 Å². The minimum Gasteiger partial charge on any atom is -0.392 e. The summed E-state index contributed by atoms with van der Waals surface area (Å²) in [4.78, 5) is 0. The third kappa shape index (κ3) is 1.54. The number of halogens is 2. The highest BCUT2D eigenvalue weighted by molar-refractivity contribution is 6.37. The van der Waals surface area contributed by atoms with Gasteiger partial charge >= 0.3 is 0 Å². The van der Waals surface area contributed by atoms with E-state index in [2.05, 4.69) is 0 Å². The predicted molar refractivity (Wildman–Crippen MR) is 47.1 cm³/mol. The van der Waals surface area contributed by atoms with E-state index >= 15 is 0 Å². The molecular formula is C8H5Cl2NO. The van der Waals surface area contributed by atoms with Gasteiger partial charge in [0.2, 0.25) is 0 Å². The minimum absolute atomic E-state index is 0.190. The van der Waals surface area contributed by atoms with Gasteiger partial charge in [0.05, 0.1) is 22.2 Å². The minimum atomic E-state index is -0.190. The standard InChI is InChI=1S/C8H5Cl2NO/c9-7-2-1-5(4-12)8(10)6(7)3-11/h1-2,12H,4H2. The second-order valence-corrected chi connectivity index (χ2v) is 2.95. The molecule has 12 heavy (non-hydrogen) atoms. The zero-order chi connectivity index (χ0) is 9.14. The summed E-state index contributed by atoms with van der Waals surface area (Å²) in [5, 5.41) is 17.9. The Kier molecular flexibility index (Phi) is 2.93. The van der Waals surface area contributed by atoms with E-state index in [-0.39, 0.29) is 17.2 Å². The lowest BCUT2D eigenvalue weighted by Crippen LogP contribution is -1.88. The van der Waals surface area contributed by atoms with Crippen molar-refractivity contribution in [1.29, 1.82) is 5.26 Å². The molecule has 0 heterocycles. The maximum absolute atomic E-state index is 8.79. The fourth-order valence-electron chi connectivity index (χ4n) is 0.820. The van der Waals surface area contributed by atoms with Gasteiger partial charge in [-0.25, -0.2) is 0 Å². The number of aliphatic hydroxyl groups is 1. The van der Waals surface area contributed by atoms with Crippen LogP contribution in [0.15, 0.2) is 12.1 Å². The van der Waals surface area contributed by atoms with Gasteiger partial charge in [0.25, 0.3) is 0 Å².